The van der Waals surface area contributed by atoms with Gasteiger partial charge in [0.2, 0.25) is 0 Å². The van der Waals surface area contributed by atoms with Gasteiger partial charge in [-0.05, 0) is 24.3 Å². The first-order chi connectivity index (χ1) is 11.7. The van der Waals surface area contributed by atoms with Gasteiger partial charge in [-0.25, -0.2) is 0 Å². The Kier molecular flexibility index (Phi) is 4.87. The molecule has 0 radical (unpaired) electrons. The Morgan fingerprint density at radius 2 is 1.46 bits per heavy atom. The quantitative estimate of drug-likeness (QED) is 0.708. The minimum absolute atomic E-state index is 0.0552. The number of amides is 1. The molecule has 3 rings (SSSR count). The lowest BCUT2D eigenvalue weighted by molar-refractivity contribution is 0.0952. The first kappa shape index (κ1) is 15.7. The summed E-state index contributed by atoms with van der Waals surface area (Å²) in [6.45, 7) is 0.497. The molecular weight excluding hydrogens is 302 g/mol. The number of carbonyl (C=O) groups excluding carboxylic acids is 2. The van der Waals surface area contributed by atoms with Crippen molar-refractivity contribution in [3.8, 4) is 0 Å². The molecule has 0 atom stereocenters. The number of hydrogen-bond donors (Lipinski definition) is 1. The maximum Gasteiger partial charge on any atom is 0.251 e. The Morgan fingerprint density at radius 3 is 2.12 bits per heavy atom. The molecule has 4 heteroatoms. The summed E-state index contributed by atoms with van der Waals surface area (Å²) < 4.78 is 5.22. The van der Waals surface area contributed by atoms with Crippen LogP contribution < -0.4 is 5.32 Å². The molecule has 0 aliphatic heterocycles. The van der Waals surface area contributed by atoms with Gasteiger partial charge in [0, 0.05) is 29.7 Å². The number of rotatable bonds is 6. The summed E-state index contributed by atoms with van der Waals surface area (Å²) in [5, 5.41) is 2.83. The fraction of sp³-hybridized carbons (Fsp3) is 0.100. The van der Waals surface area contributed by atoms with Gasteiger partial charge in [0.05, 0.1) is 6.26 Å². The van der Waals surface area contributed by atoms with Crippen LogP contribution in [0.5, 0.6) is 0 Å². The number of hydrogen-bond acceptors (Lipinski definition) is 3. The third-order valence-corrected chi connectivity index (χ3v) is 3.68. The van der Waals surface area contributed by atoms with Crippen LogP contribution in [0.1, 0.15) is 32.0 Å². The molecule has 120 valence electrons. The fourth-order valence-electron chi connectivity index (χ4n) is 2.39. The lowest BCUT2D eigenvalue weighted by atomic mass is 10.0. The predicted octanol–water partition coefficient (Wildman–Crippen LogP) is 3.48. The van der Waals surface area contributed by atoms with Crippen LogP contribution in [0.15, 0.2) is 77.4 Å². The monoisotopic (exact) mass is 319 g/mol. The van der Waals surface area contributed by atoms with E-state index < -0.39 is 0 Å². The summed E-state index contributed by atoms with van der Waals surface area (Å²) in [5.74, 6) is 0.611. The van der Waals surface area contributed by atoms with Crippen molar-refractivity contribution < 1.29 is 14.0 Å². The van der Waals surface area contributed by atoms with Crippen LogP contribution in [0, 0.1) is 0 Å². The highest BCUT2D eigenvalue weighted by Crippen LogP contribution is 2.11. The second-order valence-electron chi connectivity index (χ2n) is 5.36. The number of furan rings is 1. The van der Waals surface area contributed by atoms with Crippen molar-refractivity contribution >= 4 is 11.7 Å². The van der Waals surface area contributed by atoms with Crippen molar-refractivity contribution in [2.75, 3.05) is 6.54 Å². The fourth-order valence-corrected chi connectivity index (χ4v) is 2.39. The Morgan fingerprint density at radius 1 is 0.792 bits per heavy atom. The Labute approximate surface area is 140 Å². The number of nitrogens with one attached hydrogen (secondary N) is 1. The molecule has 0 fully saturated rings. The molecule has 1 N–H and O–H groups in total. The van der Waals surface area contributed by atoms with Gasteiger partial charge in [0.1, 0.15) is 5.76 Å². The molecule has 1 heterocycles. The normalized spacial score (nSPS) is 10.3. The Balaban J connectivity index is 1.59. The van der Waals surface area contributed by atoms with E-state index in [1.54, 1.807) is 42.7 Å². The number of benzene rings is 2. The minimum atomic E-state index is -0.166. The van der Waals surface area contributed by atoms with E-state index in [0.29, 0.717) is 29.7 Å². The van der Waals surface area contributed by atoms with E-state index in [4.69, 9.17) is 4.42 Å². The predicted molar refractivity (Wildman–Crippen MR) is 91.1 cm³/mol. The van der Waals surface area contributed by atoms with Crippen molar-refractivity contribution in [2.45, 2.75) is 6.42 Å². The molecule has 0 unspecified atom stereocenters. The summed E-state index contributed by atoms with van der Waals surface area (Å²) in [5.41, 5.74) is 1.72. The Hall–Kier alpha value is -3.14. The van der Waals surface area contributed by atoms with E-state index in [9.17, 15) is 9.59 Å². The van der Waals surface area contributed by atoms with Crippen LogP contribution in [-0.4, -0.2) is 18.2 Å². The number of ketones is 1. The summed E-state index contributed by atoms with van der Waals surface area (Å²) in [4.78, 5) is 24.4. The molecule has 0 aliphatic carbocycles. The van der Waals surface area contributed by atoms with Gasteiger partial charge in [0.15, 0.2) is 5.78 Å². The molecule has 0 saturated heterocycles. The third-order valence-electron chi connectivity index (χ3n) is 3.68. The van der Waals surface area contributed by atoms with Gasteiger partial charge < -0.3 is 9.73 Å². The highest BCUT2D eigenvalue weighted by atomic mass is 16.3. The van der Waals surface area contributed by atoms with Gasteiger partial charge >= 0.3 is 0 Å². The van der Waals surface area contributed by atoms with E-state index in [1.165, 1.54) is 0 Å². The molecule has 0 bridgehead atoms. The van der Waals surface area contributed by atoms with Crippen molar-refractivity contribution in [3.05, 3.63) is 95.4 Å². The molecule has 0 aliphatic rings. The van der Waals surface area contributed by atoms with Crippen LogP contribution in [0.4, 0.5) is 0 Å². The van der Waals surface area contributed by atoms with Gasteiger partial charge in [0.25, 0.3) is 5.91 Å². The average Bonchev–Trinajstić information content (AvgIpc) is 3.15. The van der Waals surface area contributed by atoms with Gasteiger partial charge in [-0.2, -0.15) is 0 Å². The average molecular weight is 319 g/mol. The van der Waals surface area contributed by atoms with Gasteiger partial charge in [-0.1, -0.05) is 42.5 Å². The molecule has 0 spiro atoms. The first-order valence-corrected chi connectivity index (χ1v) is 7.74. The lowest BCUT2D eigenvalue weighted by Gasteiger charge is -2.05. The molecule has 0 saturated carbocycles. The SMILES string of the molecule is O=C(NCCc1ccco1)c1ccc(C(=O)c2ccccc2)cc1. The van der Waals surface area contributed by atoms with Gasteiger partial charge in [-0.15, -0.1) is 0 Å². The maximum absolute atomic E-state index is 12.3. The zero-order valence-corrected chi connectivity index (χ0v) is 13.1. The van der Waals surface area contributed by atoms with Crippen LogP contribution in [-0.2, 0) is 6.42 Å². The third kappa shape index (κ3) is 3.79. The Bertz CT molecular complexity index is 806. The van der Waals surface area contributed by atoms with Crippen molar-refractivity contribution in [1.82, 2.24) is 5.32 Å². The van der Waals surface area contributed by atoms with Crippen LogP contribution in [0.3, 0.4) is 0 Å². The molecule has 1 amide bonds. The van der Waals surface area contributed by atoms with Crippen LogP contribution >= 0.6 is 0 Å². The second-order valence-corrected chi connectivity index (χ2v) is 5.36. The summed E-state index contributed by atoms with van der Waals surface area (Å²) in [6, 6.07) is 19.4. The van der Waals surface area contributed by atoms with E-state index >= 15 is 0 Å². The highest BCUT2D eigenvalue weighted by molar-refractivity contribution is 6.09. The largest absolute Gasteiger partial charge is 0.469 e. The molecule has 2 aromatic carbocycles. The summed E-state index contributed by atoms with van der Waals surface area (Å²) >= 11 is 0. The van der Waals surface area contributed by atoms with Gasteiger partial charge in [-0.3, -0.25) is 9.59 Å². The van der Waals surface area contributed by atoms with E-state index in [-0.39, 0.29) is 11.7 Å². The topological polar surface area (TPSA) is 59.3 Å². The molecular formula is C20H17NO3. The van der Waals surface area contributed by atoms with E-state index in [0.717, 1.165) is 5.76 Å². The highest BCUT2D eigenvalue weighted by Gasteiger charge is 2.10. The zero-order valence-electron chi connectivity index (χ0n) is 13.1. The molecule has 4 nitrogen and oxygen atoms in total. The summed E-state index contributed by atoms with van der Waals surface area (Å²) in [7, 11) is 0. The van der Waals surface area contributed by atoms with Crippen LogP contribution in [0.25, 0.3) is 0 Å². The lowest BCUT2D eigenvalue weighted by Crippen LogP contribution is -2.25. The summed E-state index contributed by atoms with van der Waals surface area (Å²) in [6.07, 6.45) is 2.25. The smallest absolute Gasteiger partial charge is 0.251 e. The van der Waals surface area contributed by atoms with Crippen molar-refractivity contribution in [1.29, 1.82) is 0 Å². The van der Waals surface area contributed by atoms with Crippen molar-refractivity contribution in [2.24, 2.45) is 0 Å². The zero-order chi connectivity index (χ0) is 16.8. The maximum atomic E-state index is 12.3. The standard InChI is InChI=1S/C20H17NO3/c22-19(15-5-2-1-3-6-15)16-8-10-17(11-9-16)20(23)21-13-12-18-7-4-14-24-18/h1-11,14H,12-13H2,(H,21,23). The molecule has 24 heavy (non-hydrogen) atoms. The van der Waals surface area contributed by atoms with Crippen molar-refractivity contribution in [3.63, 3.8) is 0 Å². The van der Waals surface area contributed by atoms with E-state index in [1.807, 2.05) is 30.3 Å². The van der Waals surface area contributed by atoms with E-state index in [2.05, 4.69) is 5.32 Å². The molecule has 3 aromatic rings. The van der Waals surface area contributed by atoms with Crippen LogP contribution in [0.2, 0.25) is 0 Å². The minimum Gasteiger partial charge on any atom is -0.469 e. The second kappa shape index (κ2) is 7.42. The first-order valence-electron chi connectivity index (χ1n) is 7.74. The molecule has 1 aromatic heterocycles. The number of carbonyl (C=O) groups is 2.